The molecule has 96 valence electrons. The summed E-state index contributed by atoms with van der Waals surface area (Å²) < 4.78 is 1.10. The van der Waals surface area contributed by atoms with E-state index >= 15 is 0 Å². The first kappa shape index (κ1) is 12.8. The second-order valence-electron chi connectivity index (χ2n) is 4.41. The zero-order chi connectivity index (χ0) is 13.2. The van der Waals surface area contributed by atoms with E-state index < -0.39 is 0 Å². The molecule has 0 aliphatic rings. The summed E-state index contributed by atoms with van der Waals surface area (Å²) in [6.45, 7) is 2.20. The highest BCUT2D eigenvalue weighted by Gasteiger charge is 2.07. The molecule has 0 aliphatic carbocycles. The predicted octanol–water partition coefficient (Wildman–Crippen LogP) is 5.64. The molecule has 2 aromatic carbocycles. The number of aromatic nitrogens is 1. The average Bonchev–Trinajstić information content (AvgIpc) is 2.82. The number of hydrogen-bond donors (Lipinski definition) is 1. The van der Waals surface area contributed by atoms with Gasteiger partial charge in [0.15, 0.2) is 0 Å². The van der Waals surface area contributed by atoms with Crippen LogP contribution in [0, 0.1) is 0 Å². The molecule has 1 nitrogen and oxygen atoms in total. The maximum atomic E-state index is 3.50. The molecule has 0 bridgehead atoms. The van der Waals surface area contributed by atoms with Gasteiger partial charge < -0.3 is 4.98 Å². The molecule has 0 atom stereocenters. The van der Waals surface area contributed by atoms with E-state index in [-0.39, 0.29) is 0 Å². The van der Waals surface area contributed by atoms with E-state index in [4.69, 9.17) is 0 Å². The smallest absolute Gasteiger partial charge is 0.0477 e. The Hall–Kier alpha value is -1.19. The molecular formula is C16H14BrNS. The van der Waals surface area contributed by atoms with E-state index in [9.17, 15) is 0 Å². The van der Waals surface area contributed by atoms with Crippen molar-refractivity contribution in [3.8, 4) is 0 Å². The fourth-order valence-electron chi connectivity index (χ4n) is 2.17. The van der Waals surface area contributed by atoms with Crippen LogP contribution in [-0.2, 0) is 6.42 Å². The summed E-state index contributed by atoms with van der Waals surface area (Å²) in [5.41, 5.74) is 2.57. The average molecular weight is 332 g/mol. The summed E-state index contributed by atoms with van der Waals surface area (Å²) in [6.07, 6.45) is 3.16. The molecule has 0 aliphatic heterocycles. The van der Waals surface area contributed by atoms with Crippen LogP contribution in [0.4, 0.5) is 0 Å². The van der Waals surface area contributed by atoms with Crippen molar-refractivity contribution in [3.05, 3.63) is 58.7 Å². The van der Waals surface area contributed by atoms with E-state index in [1.165, 1.54) is 26.3 Å². The lowest BCUT2D eigenvalue weighted by molar-refractivity contribution is 1.08. The summed E-state index contributed by atoms with van der Waals surface area (Å²) in [5, 5.41) is 1.28. The van der Waals surface area contributed by atoms with Gasteiger partial charge in [0.1, 0.15) is 0 Å². The van der Waals surface area contributed by atoms with Gasteiger partial charge in [-0.1, -0.05) is 58.9 Å². The summed E-state index contributed by atoms with van der Waals surface area (Å²) in [5.74, 6) is 0. The Morgan fingerprint density at radius 1 is 1.11 bits per heavy atom. The highest BCUT2D eigenvalue weighted by molar-refractivity contribution is 9.10. The fourth-order valence-corrected chi connectivity index (χ4v) is 3.66. The first-order valence-corrected chi connectivity index (χ1v) is 7.91. The zero-order valence-corrected chi connectivity index (χ0v) is 13.0. The number of aryl methyl sites for hydroxylation is 1. The van der Waals surface area contributed by atoms with E-state index in [2.05, 4.69) is 76.5 Å². The van der Waals surface area contributed by atoms with Crippen LogP contribution in [0.2, 0.25) is 0 Å². The molecule has 3 rings (SSSR count). The van der Waals surface area contributed by atoms with Crippen LogP contribution in [0.5, 0.6) is 0 Å². The molecule has 0 fully saturated rings. The maximum Gasteiger partial charge on any atom is 0.0477 e. The molecule has 0 radical (unpaired) electrons. The van der Waals surface area contributed by atoms with Crippen molar-refractivity contribution in [1.82, 2.24) is 4.98 Å². The van der Waals surface area contributed by atoms with Gasteiger partial charge in [-0.15, -0.1) is 0 Å². The van der Waals surface area contributed by atoms with Crippen LogP contribution in [0.1, 0.15) is 12.5 Å². The molecule has 0 amide bonds. The largest absolute Gasteiger partial charge is 0.360 e. The van der Waals surface area contributed by atoms with Crippen molar-refractivity contribution < 1.29 is 0 Å². The monoisotopic (exact) mass is 331 g/mol. The second-order valence-corrected chi connectivity index (χ2v) is 6.41. The lowest BCUT2D eigenvalue weighted by atomic mass is 10.2. The van der Waals surface area contributed by atoms with Crippen LogP contribution in [0.3, 0.4) is 0 Å². The lowest BCUT2D eigenvalue weighted by Crippen LogP contribution is -1.83. The first-order chi connectivity index (χ1) is 9.28. The van der Waals surface area contributed by atoms with E-state index in [0.717, 1.165) is 10.9 Å². The Kier molecular flexibility index (Phi) is 3.67. The summed E-state index contributed by atoms with van der Waals surface area (Å²) in [6, 6.07) is 15.0. The second kappa shape index (κ2) is 5.43. The van der Waals surface area contributed by atoms with Crippen molar-refractivity contribution in [2.45, 2.75) is 23.1 Å². The lowest BCUT2D eigenvalue weighted by Gasteiger charge is -2.06. The van der Waals surface area contributed by atoms with Crippen molar-refractivity contribution in [3.63, 3.8) is 0 Å². The third-order valence-corrected chi connectivity index (χ3v) is 4.85. The normalized spacial score (nSPS) is 11.1. The number of benzene rings is 2. The fraction of sp³-hybridized carbons (Fsp3) is 0.125. The molecule has 1 heterocycles. The van der Waals surface area contributed by atoms with Gasteiger partial charge in [-0.25, -0.2) is 0 Å². The third kappa shape index (κ3) is 2.58. The molecule has 3 heteroatoms. The topological polar surface area (TPSA) is 15.8 Å². The Bertz CT molecular complexity index is 718. The molecule has 0 saturated carbocycles. The van der Waals surface area contributed by atoms with Gasteiger partial charge in [0.05, 0.1) is 0 Å². The Morgan fingerprint density at radius 2 is 1.95 bits per heavy atom. The molecule has 1 aromatic heterocycles. The van der Waals surface area contributed by atoms with Gasteiger partial charge in [-0.05, 0) is 30.2 Å². The van der Waals surface area contributed by atoms with Crippen molar-refractivity contribution >= 4 is 38.6 Å². The Balaban J connectivity index is 2.01. The van der Waals surface area contributed by atoms with Crippen LogP contribution in [0.15, 0.2) is 62.9 Å². The molecule has 0 spiro atoms. The standard InChI is InChI=1S/C16H14BrNS/c1-2-11-5-3-4-6-15(11)19-16-10-18-14-9-12(17)7-8-13(14)16/h3-10,18H,2H2,1H3. The van der Waals surface area contributed by atoms with Crippen LogP contribution in [-0.4, -0.2) is 4.98 Å². The summed E-state index contributed by atoms with van der Waals surface area (Å²) >= 11 is 5.34. The minimum atomic E-state index is 1.07. The highest BCUT2D eigenvalue weighted by Crippen LogP contribution is 2.36. The highest BCUT2D eigenvalue weighted by atomic mass is 79.9. The summed E-state index contributed by atoms with van der Waals surface area (Å²) in [4.78, 5) is 5.96. The van der Waals surface area contributed by atoms with Crippen LogP contribution in [0.25, 0.3) is 10.9 Å². The molecule has 19 heavy (non-hydrogen) atoms. The van der Waals surface area contributed by atoms with Gasteiger partial charge in [-0.2, -0.15) is 0 Å². The van der Waals surface area contributed by atoms with Gasteiger partial charge >= 0.3 is 0 Å². The molecular weight excluding hydrogens is 318 g/mol. The number of halogens is 1. The van der Waals surface area contributed by atoms with E-state index in [1.54, 1.807) is 0 Å². The number of fused-ring (bicyclic) bond motifs is 1. The predicted molar refractivity (Wildman–Crippen MR) is 85.9 cm³/mol. The third-order valence-electron chi connectivity index (χ3n) is 3.18. The quantitative estimate of drug-likeness (QED) is 0.656. The van der Waals surface area contributed by atoms with Gasteiger partial charge in [0, 0.05) is 31.4 Å². The molecule has 1 N–H and O–H groups in total. The van der Waals surface area contributed by atoms with Gasteiger partial charge in [0.25, 0.3) is 0 Å². The summed E-state index contributed by atoms with van der Waals surface area (Å²) in [7, 11) is 0. The number of aromatic amines is 1. The number of hydrogen-bond acceptors (Lipinski definition) is 1. The first-order valence-electron chi connectivity index (χ1n) is 6.30. The van der Waals surface area contributed by atoms with Crippen molar-refractivity contribution in [2.24, 2.45) is 0 Å². The van der Waals surface area contributed by atoms with E-state index in [1.807, 2.05) is 11.8 Å². The van der Waals surface area contributed by atoms with E-state index in [0.29, 0.717) is 0 Å². The zero-order valence-electron chi connectivity index (χ0n) is 10.6. The van der Waals surface area contributed by atoms with Crippen molar-refractivity contribution in [1.29, 1.82) is 0 Å². The van der Waals surface area contributed by atoms with Crippen LogP contribution >= 0.6 is 27.7 Å². The molecule has 0 unspecified atom stereocenters. The minimum Gasteiger partial charge on any atom is -0.360 e. The number of nitrogens with one attached hydrogen (secondary N) is 1. The molecule has 0 saturated heterocycles. The molecule has 3 aromatic rings. The number of H-pyrrole nitrogens is 1. The minimum absolute atomic E-state index is 1.07. The van der Waals surface area contributed by atoms with Gasteiger partial charge in [-0.3, -0.25) is 0 Å². The Labute approximate surface area is 125 Å². The van der Waals surface area contributed by atoms with Crippen molar-refractivity contribution in [2.75, 3.05) is 0 Å². The Morgan fingerprint density at radius 3 is 2.79 bits per heavy atom. The maximum absolute atomic E-state index is 3.50. The SMILES string of the molecule is CCc1ccccc1Sc1c[nH]c2cc(Br)ccc12. The van der Waals surface area contributed by atoms with Crippen LogP contribution < -0.4 is 0 Å². The number of rotatable bonds is 3. The van der Waals surface area contributed by atoms with Gasteiger partial charge in [0.2, 0.25) is 0 Å².